The fourth-order valence-corrected chi connectivity index (χ4v) is 2.40. The maximum atomic E-state index is 5.95. The Kier molecular flexibility index (Phi) is 3.99. The van der Waals surface area contributed by atoms with Gasteiger partial charge in [0.15, 0.2) is 0 Å². The summed E-state index contributed by atoms with van der Waals surface area (Å²) in [6, 6.07) is 11.6. The predicted molar refractivity (Wildman–Crippen MR) is 83.0 cm³/mol. The van der Waals surface area contributed by atoms with Gasteiger partial charge in [0.25, 0.3) is 0 Å². The van der Waals surface area contributed by atoms with Gasteiger partial charge in [-0.25, -0.2) is 0 Å². The van der Waals surface area contributed by atoms with Crippen molar-refractivity contribution in [2.24, 2.45) is 0 Å². The van der Waals surface area contributed by atoms with Gasteiger partial charge in [-0.15, -0.1) is 0 Å². The van der Waals surface area contributed by atoms with Gasteiger partial charge >= 0.3 is 0 Å². The highest BCUT2D eigenvalue weighted by molar-refractivity contribution is 6.30. The van der Waals surface area contributed by atoms with E-state index in [-0.39, 0.29) is 0 Å². The van der Waals surface area contributed by atoms with Crippen molar-refractivity contribution in [1.82, 2.24) is 15.2 Å². The maximum Gasteiger partial charge on any atom is 0.100 e. The fraction of sp³-hybridized carbons (Fsp3) is 0.125. The summed E-state index contributed by atoms with van der Waals surface area (Å²) in [4.78, 5) is 4.07. The molecule has 1 N–H and O–H groups in total. The van der Waals surface area contributed by atoms with E-state index in [1.807, 2.05) is 36.4 Å². The summed E-state index contributed by atoms with van der Waals surface area (Å²) in [5.41, 5.74) is 4.90. The minimum atomic E-state index is 0.470. The van der Waals surface area contributed by atoms with Crippen LogP contribution in [0.2, 0.25) is 5.02 Å². The van der Waals surface area contributed by atoms with Crippen LogP contribution in [-0.4, -0.2) is 22.3 Å². The molecule has 0 saturated heterocycles. The lowest BCUT2D eigenvalue weighted by molar-refractivity contribution is 0.182. The van der Waals surface area contributed by atoms with Crippen molar-refractivity contribution in [3.8, 4) is 22.4 Å². The molecule has 0 aliphatic rings. The number of halogens is 1. The van der Waals surface area contributed by atoms with Crippen molar-refractivity contribution in [2.75, 3.05) is 7.11 Å². The third kappa shape index (κ3) is 2.82. The maximum absolute atomic E-state index is 5.95. The number of hydrogen-bond acceptors (Lipinski definition) is 3. The van der Waals surface area contributed by atoms with Gasteiger partial charge in [0, 0.05) is 35.7 Å². The molecule has 2 aromatic heterocycles. The Morgan fingerprint density at radius 3 is 2.43 bits per heavy atom. The predicted octanol–water partition coefficient (Wildman–Crippen LogP) is 3.94. The molecule has 0 unspecified atom stereocenters. The van der Waals surface area contributed by atoms with Gasteiger partial charge in [0.05, 0.1) is 12.3 Å². The number of ether oxygens (including phenoxy) is 1. The van der Waals surface area contributed by atoms with E-state index in [2.05, 4.69) is 15.2 Å². The van der Waals surface area contributed by atoms with E-state index >= 15 is 0 Å². The van der Waals surface area contributed by atoms with Crippen LogP contribution in [0.15, 0.2) is 48.8 Å². The molecule has 0 radical (unpaired) electrons. The van der Waals surface area contributed by atoms with E-state index in [4.69, 9.17) is 16.3 Å². The van der Waals surface area contributed by atoms with Crippen LogP contribution in [0.4, 0.5) is 0 Å². The zero-order chi connectivity index (χ0) is 14.7. The number of benzene rings is 1. The summed E-state index contributed by atoms with van der Waals surface area (Å²) >= 11 is 5.95. The fourth-order valence-electron chi connectivity index (χ4n) is 2.27. The van der Waals surface area contributed by atoms with Gasteiger partial charge in [-0.1, -0.05) is 23.7 Å². The second kappa shape index (κ2) is 6.08. The molecule has 4 nitrogen and oxygen atoms in total. The smallest absolute Gasteiger partial charge is 0.100 e. The minimum absolute atomic E-state index is 0.470. The first-order chi connectivity index (χ1) is 10.3. The van der Waals surface area contributed by atoms with Crippen molar-refractivity contribution >= 4 is 11.6 Å². The SMILES string of the molecule is COCc1[nH]nc(-c2ccc(Cl)cc2)c1-c1ccncc1. The molecule has 0 spiro atoms. The molecule has 0 aliphatic carbocycles. The van der Waals surface area contributed by atoms with Crippen molar-refractivity contribution in [3.63, 3.8) is 0 Å². The van der Waals surface area contributed by atoms with E-state index in [9.17, 15) is 0 Å². The Bertz CT molecular complexity index is 723. The van der Waals surface area contributed by atoms with Gasteiger partial charge in [-0.2, -0.15) is 5.10 Å². The molecular formula is C16H14ClN3O. The monoisotopic (exact) mass is 299 g/mol. The number of aromatic nitrogens is 3. The van der Waals surface area contributed by atoms with E-state index < -0.39 is 0 Å². The molecule has 3 rings (SSSR count). The molecule has 0 amide bonds. The molecule has 21 heavy (non-hydrogen) atoms. The molecule has 0 fully saturated rings. The van der Waals surface area contributed by atoms with Crippen molar-refractivity contribution in [2.45, 2.75) is 6.61 Å². The number of nitrogens with zero attached hydrogens (tertiary/aromatic N) is 2. The zero-order valence-electron chi connectivity index (χ0n) is 11.5. The van der Waals surface area contributed by atoms with Crippen LogP contribution >= 0.6 is 11.6 Å². The molecule has 1 aromatic carbocycles. The lowest BCUT2D eigenvalue weighted by atomic mass is 10.00. The second-order valence-corrected chi connectivity index (χ2v) is 5.04. The molecule has 0 bridgehead atoms. The highest BCUT2D eigenvalue weighted by Crippen LogP contribution is 2.33. The highest BCUT2D eigenvalue weighted by atomic mass is 35.5. The molecule has 0 atom stereocenters. The van der Waals surface area contributed by atoms with Crippen LogP contribution in [0.3, 0.4) is 0 Å². The largest absolute Gasteiger partial charge is 0.378 e. The van der Waals surface area contributed by atoms with Gasteiger partial charge in [-0.05, 0) is 29.8 Å². The van der Waals surface area contributed by atoms with Gasteiger partial charge in [-0.3, -0.25) is 10.1 Å². The molecule has 2 heterocycles. The summed E-state index contributed by atoms with van der Waals surface area (Å²) in [6.45, 7) is 0.470. The summed E-state index contributed by atoms with van der Waals surface area (Å²) < 4.78 is 5.25. The number of hydrogen-bond donors (Lipinski definition) is 1. The minimum Gasteiger partial charge on any atom is -0.378 e. The standard InChI is InChI=1S/C16H14ClN3O/c1-21-10-14-15(11-6-8-18-9-7-11)16(20-19-14)12-2-4-13(17)5-3-12/h2-9H,10H2,1H3,(H,19,20). The lowest BCUT2D eigenvalue weighted by Gasteiger charge is -2.06. The van der Waals surface area contributed by atoms with Gasteiger partial charge < -0.3 is 4.74 Å². The number of aromatic amines is 1. The summed E-state index contributed by atoms with van der Waals surface area (Å²) in [6.07, 6.45) is 3.54. The zero-order valence-corrected chi connectivity index (χ0v) is 12.3. The molecule has 5 heteroatoms. The third-order valence-corrected chi connectivity index (χ3v) is 3.47. The number of pyridine rings is 1. The van der Waals surface area contributed by atoms with E-state index in [1.54, 1.807) is 19.5 Å². The number of methoxy groups -OCH3 is 1. The van der Waals surface area contributed by atoms with E-state index in [1.165, 1.54) is 0 Å². The molecule has 3 aromatic rings. The topological polar surface area (TPSA) is 50.8 Å². The number of rotatable bonds is 4. The van der Waals surface area contributed by atoms with Crippen molar-refractivity contribution < 1.29 is 4.74 Å². The Labute approximate surface area is 127 Å². The highest BCUT2D eigenvalue weighted by Gasteiger charge is 2.16. The lowest BCUT2D eigenvalue weighted by Crippen LogP contribution is -1.91. The summed E-state index contributed by atoms with van der Waals surface area (Å²) in [7, 11) is 1.67. The average Bonchev–Trinajstić information content (AvgIpc) is 2.93. The second-order valence-electron chi connectivity index (χ2n) is 4.60. The first-order valence-corrected chi connectivity index (χ1v) is 6.90. The molecule has 0 saturated carbocycles. The summed E-state index contributed by atoms with van der Waals surface area (Å²) in [5, 5.41) is 8.21. The van der Waals surface area contributed by atoms with Crippen LogP contribution in [0.1, 0.15) is 5.69 Å². The average molecular weight is 300 g/mol. The van der Waals surface area contributed by atoms with Crippen LogP contribution in [0.5, 0.6) is 0 Å². The van der Waals surface area contributed by atoms with E-state index in [0.717, 1.165) is 28.1 Å². The Morgan fingerprint density at radius 1 is 1.05 bits per heavy atom. The quantitative estimate of drug-likeness (QED) is 0.794. The van der Waals surface area contributed by atoms with Gasteiger partial charge in [0.2, 0.25) is 0 Å². The molecule has 0 aliphatic heterocycles. The van der Waals surface area contributed by atoms with Crippen LogP contribution in [0, 0.1) is 0 Å². The Balaban J connectivity index is 2.15. The van der Waals surface area contributed by atoms with Crippen LogP contribution < -0.4 is 0 Å². The van der Waals surface area contributed by atoms with Gasteiger partial charge in [0.1, 0.15) is 5.69 Å². The number of H-pyrrole nitrogens is 1. The first-order valence-electron chi connectivity index (χ1n) is 6.52. The van der Waals surface area contributed by atoms with E-state index in [0.29, 0.717) is 11.6 Å². The molecule has 106 valence electrons. The molecular weight excluding hydrogens is 286 g/mol. The van der Waals surface area contributed by atoms with Crippen LogP contribution in [0.25, 0.3) is 22.4 Å². The summed E-state index contributed by atoms with van der Waals surface area (Å²) in [5.74, 6) is 0. The van der Waals surface area contributed by atoms with Crippen molar-refractivity contribution in [3.05, 3.63) is 59.5 Å². The third-order valence-electron chi connectivity index (χ3n) is 3.22. The Morgan fingerprint density at radius 2 is 1.76 bits per heavy atom. The normalized spacial score (nSPS) is 10.8. The number of nitrogens with one attached hydrogen (secondary N) is 1. The van der Waals surface area contributed by atoms with Crippen molar-refractivity contribution in [1.29, 1.82) is 0 Å². The first kappa shape index (κ1) is 13.8. The Hall–Kier alpha value is -2.17. The van der Waals surface area contributed by atoms with Crippen LogP contribution in [-0.2, 0) is 11.3 Å².